The summed E-state index contributed by atoms with van der Waals surface area (Å²) in [5.74, 6) is -0.648. The van der Waals surface area contributed by atoms with E-state index in [0.29, 0.717) is 22.3 Å². The van der Waals surface area contributed by atoms with E-state index in [1.165, 1.54) is 24.9 Å². The molecule has 10 heteroatoms. The normalized spacial score (nSPS) is 13.6. The molecule has 0 bridgehead atoms. The van der Waals surface area contributed by atoms with E-state index in [1.54, 1.807) is 6.07 Å². The van der Waals surface area contributed by atoms with E-state index in [-0.39, 0.29) is 12.4 Å². The van der Waals surface area contributed by atoms with Gasteiger partial charge in [-0.15, -0.1) is 0 Å². The van der Waals surface area contributed by atoms with Crippen molar-refractivity contribution >= 4 is 33.2 Å². The Bertz CT molecular complexity index is 940. The van der Waals surface area contributed by atoms with Crippen LogP contribution in [0.1, 0.15) is 46.2 Å². The van der Waals surface area contributed by atoms with Gasteiger partial charge in [0.15, 0.2) is 0 Å². The second-order valence-corrected chi connectivity index (χ2v) is 9.89. The predicted molar refractivity (Wildman–Crippen MR) is 129 cm³/mol. The number of amides is 1. The van der Waals surface area contributed by atoms with Crippen LogP contribution in [0.2, 0.25) is 0 Å². The van der Waals surface area contributed by atoms with Crippen molar-refractivity contribution in [3.63, 3.8) is 0 Å². The Morgan fingerprint density at radius 2 is 2.00 bits per heavy atom. The number of nitrogens with one attached hydrogen (secondary N) is 1. The minimum atomic E-state index is -3.27. The number of aromatic nitrogens is 1. The minimum Gasteiger partial charge on any atom is -0.369 e. The third-order valence-electron chi connectivity index (χ3n) is 4.46. The van der Waals surface area contributed by atoms with Crippen molar-refractivity contribution < 1.29 is 17.6 Å². The Balaban J connectivity index is 0.000000809. The van der Waals surface area contributed by atoms with Crippen LogP contribution < -0.4 is 11.1 Å². The van der Waals surface area contributed by atoms with Crippen molar-refractivity contribution in [2.75, 3.05) is 19.8 Å². The second-order valence-electron chi connectivity index (χ2n) is 7.24. The van der Waals surface area contributed by atoms with Crippen LogP contribution in [-0.4, -0.2) is 43.5 Å². The molecule has 1 amide bonds. The molecule has 0 saturated carbocycles. The molecule has 1 aromatic rings. The Morgan fingerprint density at radius 3 is 2.34 bits per heavy atom. The number of pyridine rings is 1. The molecule has 1 aromatic heterocycles. The van der Waals surface area contributed by atoms with Crippen molar-refractivity contribution in [3.8, 4) is 0 Å². The number of carbonyl (C=O) groups excluding carboxylic acids is 1. The first-order valence-electron chi connectivity index (χ1n) is 10.1. The molecule has 180 valence electrons. The highest BCUT2D eigenvalue weighted by molar-refractivity contribution is 7.88. The van der Waals surface area contributed by atoms with Gasteiger partial charge in [0.25, 0.3) is 0 Å². The summed E-state index contributed by atoms with van der Waals surface area (Å²) in [4.78, 5) is 14.2. The van der Waals surface area contributed by atoms with Crippen LogP contribution in [0, 0.1) is 11.7 Å². The Labute approximate surface area is 196 Å². The molecule has 0 saturated heterocycles. The van der Waals surface area contributed by atoms with E-state index >= 15 is 0 Å². The maximum atomic E-state index is 13.0. The summed E-state index contributed by atoms with van der Waals surface area (Å²) < 4.78 is 35.0. The molecule has 1 heterocycles. The molecule has 0 aromatic carbocycles. The first-order chi connectivity index (χ1) is 14.7. The number of primary amides is 1. The van der Waals surface area contributed by atoms with Crippen LogP contribution in [0.5, 0.6) is 0 Å². The molecule has 7 nitrogen and oxygen atoms in total. The lowest BCUT2D eigenvalue weighted by atomic mass is 9.94. The Hall–Kier alpha value is -2.23. The lowest BCUT2D eigenvalue weighted by molar-refractivity contribution is -0.118. The fraction of sp³-hybridized carbons (Fsp3) is 0.455. The highest BCUT2D eigenvalue weighted by Crippen LogP contribution is 2.27. The summed E-state index contributed by atoms with van der Waals surface area (Å²) in [5, 5.41) is 3.92. The number of sulfonamides is 1. The number of hydrogen-bond acceptors (Lipinski definition) is 5. The fourth-order valence-corrected chi connectivity index (χ4v) is 2.97. The van der Waals surface area contributed by atoms with Gasteiger partial charge in [-0.25, -0.2) is 12.8 Å². The minimum absolute atomic E-state index is 0.265. The van der Waals surface area contributed by atoms with Crippen LogP contribution >= 0.6 is 11.6 Å². The molecule has 0 unspecified atom stereocenters. The van der Waals surface area contributed by atoms with Crippen molar-refractivity contribution in [3.05, 3.63) is 58.8 Å². The van der Waals surface area contributed by atoms with Crippen LogP contribution in [-0.2, 0) is 14.8 Å². The average Bonchev–Trinajstić information content (AvgIpc) is 2.69. The summed E-state index contributed by atoms with van der Waals surface area (Å²) in [7, 11) is -1.97. The van der Waals surface area contributed by atoms with Gasteiger partial charge in [0.1, 0.15) is 5.82 Å². The maximum Gasteiger partial charge on any atom is 0.232 e. The number of rotatable bonds is 10. The van der Waals surface area contributed by atoms with Gasteiger partial charge >= 0.3 is 0 Å². The number of hydrogen-bond donors (Lipinski definition) is 2. The topological polar surface area (TPSA) is 105 Å². The molecule has 0 aliphatic carbocycles. The molecular weight excluding hydrogens is 455 g/mol. The molecule has 0 aliphatic heterocycles. The van der Waals surface area contributed by atoms with E-state index in [0.717, 1.165) is 29.1 Å². The third-order valence-corrected chi connectivity index (χ3v) is 5.91. The summed E-state index contributed by atoms with van der Waals surface area (Å²) >= 11 is 6.29. The van der Waals surface area contributed by atoms with Gasteiger partial charge in [-0.3, -0.25) is 9.78 Å². The zero-order chi connectivity index (χ0) is 25.1. The number of allylic oxidation sites excluding steroid dienone is 3. The molecule has 0 spiro atoms. The van der Waals surface area contributed by atoms with Crippen molar-refractivity contribution in [1.82, 2.24) is 14.6 Å². The quantitative estimate of drug-likeness (QED) is 0.484. The van der Waals surface area contributed by atoms with Gasteiger partial charge in [-0.2, -0.15) is 4.31 Å². The highest BCUT2D eigenvalue weighted by Gasteiger charge is 2.15. The first kappa shape index (κ1) is 29.8. The van der Waals surface area contributed by atoms with Gasteiger partial charge in [0.2, 0.25) is 15.9 Å². The van der Waals surface area contributed by atoms with Gasteiger partial charge in [0, 0.05) is 12.1 Å². The number of likely N-dealkylation sites (N-methyl/N-ethyl adjacent to an activating group) is 1. The number of halogens is 2. The van der Waals surface area contributed by atoms with Crippen LogP contribution in [0.3, 0.4) is 0 Å². The smallest absolute Gasteiger partial charge is 0.232 e. The van der Waals surface area contributed by atoms with Crippen LogP contribution in [0.15, 0.2) is 47.3 Å². The largest absolute Gasteiger partial charge is 0.369 e. The van der Waals surface area contributed by atoms with Crippen molar-refractivity contribution in [2.45, 2.75) is 40.5 Å². The molecule has 0 radical (unpaired) electrons. The second kappa shape index (κ2) is 14.0. The van der Waals surface area contributed by atoms with Crippen LogP contribution in [0.25, 0.3) is 5.70 Å². The molecule has 32 heavy (non-hydrogen) atoms. The molecule has 0 fully saturated rings. The average molecular weight is 489 g/mol. The Kier molecular flexibility index (Phi) is 13.0. The zero-order valence-corrected chi connectivity index (χ0v) is 21.1. The highest BCUT2D eigenvalue weighted by atomic mass is 35.5. The summed E-state index contributed by atoms with van der Waals surface area (Å²) in [6, 6.07) is 2.96. The molecule has 1 atom stereocenters. The number of nitrogens with zero attached hydrogens (tertiary/aromatic N) is 2. The zero-order valence-electron chi connectivity index (χ0n) is 19.6. The van der Waals surface area contributed by atoms with E-state index in [9.17, 15) is 17.6 Å². The van der Waals surface area contributed by atoms with Gasteiger partial charge in [0.05, 0.1) is 36.1 Å². The maximum absolute atomic E-state index is 13.0. The first-order valence-corrected chi connectivity index (χ1v) is 12.3. The van der Waals surface area contributed by atoms with E-state index in [2.05, 4.69) is 43.7 Å². The third kappa shape index (κ3) is 10.9. The molecule has 1 rings (SSSR count). The SMILES string of the molecule is C=C(NC(/C(=C/CC)[C@@H](C)CC)=C(\C)Cl)c1ccc(F)cn1.CN(CC(N)=O)S(C)(=O)=O. The standard InChI is InChI=1S/C18H24ClFN2.C4H10N2O3S/c1-6-8-16(12(3)7-2)18(13(4)19)22-14(5)17-10-9-15(20)11-21-17;1-6(3-4(5)7)10(2,8)9/h8-12,22H,5-7H2,1-4H3;3H2,1-2H3,(H2,5,7)/b16-8+,18-13+;/t12-;/m0./s1. The number of nitrogens with two attached hydrogens (primary N) is 1. The van der Waals surface area contributed by atoms with E-state index in [1.807, 2.05) is 6.92 Å². The summed E-state index contributed by atoms with van der Waals surface area (Å²) in [6.07, 6.45) is 6.30. The van der Waals surface area contributed by atoms with Gasteiger partial charge in [-0.1, -0.05) is 45.0 Å². The Morgan fingerprint density at radius 1 is 1.41 bits per heavy atom. The lowest BCUT2D eigenvalue weighted by Gasteiger charge is -2.21. The predicted octanol–water partition coefficient (Wildman–Crippen LogP) is 4.00. The number of carbonyl (C=O) groups is 1. The van der Waals surface area contributed by atoms with Crippen molar-refractivity contribution in [1.29, 1.82) is 0 Å². The lowest BCUT2D eigenvalue weighted by Crippen LogP contribution is -2.34. The van der Waals surface area contributed by atoms with Gasteiger partial charge < -0.3 is 11.1 Å². The van der Waals surface area contributed by atoms with E-state index in [4.69, 9.17) is 17.3 Å². The van der Waals surface area contributed by atoms with Crippen LogP contribution in [0.4, 0.5) is 4.39 Å². The van der Waals surface area contributed by atoms with Gasteiger partial charge in [-0.05, 0) is 43.4 Å². The fourth-order valence-electron chi connectivity index (χ4n) is 2.45. The van der Waals surface area contributed by atoms with E-state index < -0.39 is 15.9 Å². The monoisotopic (exact) mass is 488 g/mol. The molecule has 3 N–H and O–H groups in total. The molecular formula is C22H34ClFN4O3S. The summed E-state index contributed by atoms with van der Waals surface area (Å²) in [6.45, 7) is 12.0. The molecule has 0 aliphatic rings. The summed E-state index contributed by atoms with van der Waals surface area (Å²) in [5.41, 5.74) is 7.96. The van der Waals surface area contributed by atoms with Crippen molar-refractivity contribution in [2.24, 2.45) is 11.7 Å².